The number of hydrogen-bond donors (Lipinski definition) is 2. The van der Waals surface area contributed by atoms with Gasteiger partial charge >= 0.3 is 0 Å². The van der Waals surface area contributed by atoms with Crippen LogP contribution in [0.4, 0.5) is 18.9 Å². The molecule has 0 saturated heterocycles. The molecule has 0 amide bonds. The molecule has 2 aromatic carbocycles. The third kappa shape index (κ3) is 4.63. The minimum absolute atomic E-state index is 0.0272. The van der Waals surface area contributed by atoms with E-state index >= 15 is 0 Å². The van der Waals surface area contributed by atoms with Crippen molar-refractivity contribution in [3.8, 4) is 16.2 Å². The van der Waals surface area contributed by atoms with Gasteiger partial charge in [0.2, 0.25) is 11.6 Å². The second kappa shape index (κ2) is 9.09. The minimum atomic E-state index is -3.89. The number of nitrogens with one attached hydrogen (secondary N) is 1. The van der Waals surface area contributed by atoms with Crippen molar-refractivity contribution in [2.45, 2.75) is 4.90 Å². The molecule has 6 nitrogen and oxygen atoms in total. The Hall–Kier alpha value is -3.41. The first-order valence-corrected chi connectivity index (χ1v) is 12.0. The van der Waals surface area contributed by atoms with Gasteiger partial charge in [0, 0.05) is 16.8 Å². The lowest BCUT2D eigenvalue weighted by molar-refractivity contribution is 0.103. The summed E-state index contributed by atoms with van der Waals surface area (Å²) in [5.41, 5.74) is 0.0888. The lowest BCUT2D eigenvalue weighted by atomic mass is 10.1. The van der Waals surface area contributed by atoms with Crippen molar-refractivity contribution in [3.05, 3.63) is 93.8 Å². The average molecular weight is 525 g/mol. The Morgan fingerprint density at radius 1 is 1.00 bits per heavy atom. The summed E-state index contributed by atoms with van der Waals surface area (Å²) in [5, 5.41) is 9.50. The lowest BCUT2D eigenvalue weighted by Gasteiger charge is -2.08. The predicted molar refractivity (Wildman–Crippen MR) is 121 cm³/mol. The number of carbonyl (C=O) groups excluding carboxylic acids is 1. The molecule has 0 saturated carbocycles. The predicted octanol–water partition coefficient (Wildman–Crippen LogP) is 5.62. The number of aromatic hydroxyl groups is 1. The number of phenols is 1. The van der Waals surface area contributed by atoms with Crippen LogP contribution < -0.4 is 4.72 Å². The molecule has 4 rings (SSSR count). The maximum Gasteiger partial charge on any atom is 0.263 e. The molecule has 34 heavy (non-hydrogen) atoms. The zero-order chi connectivity index (χ0) is 24.6. The molecule has 0 bridgehead atoms. The Balaban J connectivity index is 1.54. The molecule has 2 N–H and O–H groups in total. The van der Waals surface area contributed by atoms with Crippen molar-refractivity contribution in [3.63, 3.8) is 0 Å². The van der Waals surface area contributed by atoms with Gasteiger partial charge < -0.3 is 5.11 Å². The largest absolute Gasteiger partial charge is 0.503 e. The fourth-order valence-corrected chi connectivity index (χ4v) is 5.02. The quantitative estimate of drug-likeness (QED) is 0.194. The number of rotatable bonds is 6. The number of phenolic OH excluding ortho intramolecular Hbond substituents is 1. The van der Waals surface area contributed by atoms with E-state index in [2.05, 4.69) is 9.71 Å². The summed E-state index contributed by atoms with van der Waals surface area (Å²) in [5.74, 6) is -7.36. The van der Waals surface area contributed by atoms with Gasteiger partial charge in [-0.25, -0.2) is 22.2 Å². The Kier molecular flexibility index (Phi) is 6.34. The zero-order valence-corrected chi connectivity index (χ0v) is 19.1. The molecule has 2 aromatic heterocycles. The molecule has 0 unspecified atom stereocenters. The lowest BCUT2D eigenvalue weighted by Crippen LogP contribution is -2.13. The molecular weight excluding hydrogens is 513 g/mol. The van der Waals surface area contributed by atoms with E-state index in [9.17, 15) is 31.5 Å². The number of nitrogens with zero attached hydrogens (tertiary/aromatic N) is 1. The van der Waals surface area contributed by atoms with Crippen molar-refractivity contribution >= 4 is 44.4 Å². The average Bonchev–Trinajstić information content (AvgIpc) is 3.30. The number of benzene rings is 2. The maximum absolute atomic E-state index is 14.1. The molecule has 0 atom stereocenters. The van der Waals surface area contributed by atoms with Crippen LogP contribution in [0.5, 0.6) is 5.75 Å². The van der Waals surface area contributed by atoms with Gasteiger partial charge in [0.1, 0.15) is 10.0 Å². The van der Waals surface area contributed by atoms with E-state index in [1.807, 2.05) is 0 Å². The summed E-state index contributed by atoms with van der Waals surface area (Å²) >= 11 is 6.63. The van der Waals surface area contributed by atoms with Gasteiger partial charge in [-0.1, -0.05) is 23.7 Å². The highest BCUT2D eigenvalue weighted by Crippen LogP contribution is 2.33. The minimum Gasteiger partial charge on any atom is -0.503 e. The summed E-state index contributed by atoms with van der Waals surface area (Å²) in [4.78, 5) is 16.8. The van der Waals surface area contributed by atoms with Gasteiger partial charge in [-0.3, -0.25) is 9.52 Å². The van der Waals surface area contributed by atoms with Crippen LogP contribution in [0.15, 0.2) is 65.7 Å². The zero-order valence-electron chi connectivity index (χ0n) is 16.7. The number of hydrogen-bond acceptors (Lipinski definition) is 6. The van der Waals surface area contributed by atoms with E-state index in [0.717, 1.165) is 17.5 Å². The summed E-state index contributed by atoms with van der Waals surface area (Å²) in [6.07, 6.45) is 1.12. The number of halogens is 4. The number of carbonyl (C=O) groups is 1. The van der Waals surface area contributed by atoms with Gasteiger partial charge in [-0.15, -0.1) is 11.3 Å². The van der Waals surface area contributed by atoms with Crippen LogP contribution >= 0.6 is 22.9 Å². The molecule has 4 aromatic rings. The van der Waals surface area contributed by atoms with Crippen molar-refractivity contribution in [2.75, 3.05) is 4.72 Å². The van der Waals surface area contributed by atoms with E-state index in [1.165, 1.54) is 30.3 Å². The standard InChI is InChI=1S/C22H12ClF3N2O4S2/c23-18-8-5-13(10-27-18)34(31,32)28-12-3-1-11(2-4-12)16-6-7-17(33-16)21(29)14-9-15(24)20(26)22(30)19(14)25/h1-10,28,30H. The number of thiophene rings is 1. The van der Waals surface area contributed by atoms with Crippen LogP contribution in [0.3, 0.4) is 0 Å². The first-order chi connectivity index (χ1) is 16.1. The molecule has 174 valence electrons. The van der Waals surface area contributed by atoms with E-state index in [0.29, 0.717) is 16.5 Å². The maximum atomic E-state index is 14.1. The smallest absolute Gasteiger partial charge is 0.263 e. The molecule has 0 fully saturated rings. The summed E-state index contributed by atoms with van der Waals surface area (Å²) in [6.45, 7) is 0. The highest BCUT2D eigenvalue weighted by Gasteiger charge is 2.24. The summed E-state index contributed by atoms with van der Waals surface area (Å²) in [6, 6.07) is 12.2. The van der Waals surface area contributed by atoms with Gasteiger partial charge in [0.25, 0.3) is 10.0 Å². The molecule has 2 heterocycles. The topological polar surface area (TPSA) is 96.4 Å². The van der Waals surface area contributed by atoms with Crippen molar-refractivity contribution < 1.29 is 31.5 Å². The molecule has 12 heteroatoms. The monoisotopic (exact) mass is 524 g/mol. The van der Waals surface area contributed by atoms with Gasteiger partial charge in [-0.2, -0.15) is 4.39 Å². The highest BCUT2D eigenvalue weighted by molar-refractivity contribution is 7.92. The summed E-state index contributed by atoms with van der Waals surface area (Å²) < 4.78 is 68.2. The Bertz CT molecular complexity index is 1510. The van der Waals surface area contributed by atoms with Gasteiger partial charge in [0.05, 0.1) is 10.4 Å². The highest BCUT2D eigenvalue weighted by atomic mass is 35.5. The van der Waals surface area contributed by atoms with Crippen LogP contribution in [0.2, 0.25) is 5.15 Å². The van der Waals surface area contributed by atoms with Crippen LogP contribution in [0.1, 0.15) is 15.2 Å². The number of sulfonamides is 1. The van der Waals surface area contributed by atoms with Crippen molar-refractivity contribution in [1.82, 2.24) is 4.98 Å². The Labute approximate surface area is 200 Å². The van der Waals surface area contributed by atoms with Gasteiger partial charge in [-0.05, 0) is 48.0 Å². The number of ketones is 1. The van der Waals surface area contributed by atoms with Crippen LogP contribution in [-0.2, 0) is 10.0 Å². The molecule has 0 spiro atoms. The van der Waals surface area contributed by atoms with Crippen LogP contribution in [-0.4, -0.2) is 24.3 Å². The Morgan fingerprint density at radius 3 is 2.35 bits per heavy atom. The molecule has 0 aliphatic heterocycles. The van der Waals surface area contributed by atoms with Crippen LogP contribution in [0, 0.1) is 17.5 Å². The van der Waals surface area contributed by atoms with E-state index in [1.54, 1.807) is 18.2 Å². The molecule has 0 radical (unpaired) electrons. The van der Waals surface area contributed by atoms with Gasteiger partial charge in [0.15, 0.2) is 17.4 Å². The number of pyridine rings is 1. The second-order valence-electron chi connectivity index (χ2n) is 6.88. The molecule has 0 aliphatic carbocycles. The summed E-state index contributed by atoms with van der Waals surface area (Å²) in [7, 11) is -3.89. The third-order valence-corrected chi connectivity index (χ3v) is 7.36. The normalized spacial score (nSPS) is 11.4. The fourth-order valence-electron chi connectivity index (χ4n) is 2.94. The van der Waals surface area contributed by atoms with Crippen LogP contribution in [0.25, 0.3) is 10.4 Å². The third-order valence-electron chi connectivity index (χ3n) is 4.64. The fraction of sp³-hybridized carbons (Fsp3) is 0. The molecular formula is C22H12ClF3N2O4S2. The number of anilines is 1. The SMILES string of the molecule is O=C(c1ccc(-c2ccc(NS(=O)(=O)c3ccc(Cl)nc3)cc2)s1)c1cc(F)c(F)c(O)c1F. The number of aromatic nitrogens is 1. The second-order valence-corrected chi connectivity index (χ2v) is 10.0. The van der Waals surface area contributed by atoms with Crippen molar-refractivity contribution in [1.29, 1.82) is 0 Å². The first kappa shape index (κ1) is 23.7. The Morgan fingerprint density at radius 2 is 1.71 bits per heavy atom. The van der Waals surface area contributed by atoms with E-state index in [4.69, 9.17) is 11.6 Å². The first-order valence-electron chi connectivity index (χ1n) is 9.32. The van der Waals surface area contributed by atoms with E-state index < -0.39 is 44.6 Å². The van der Waals surface area contributed by atoms with E-state index in [-0.39, 0.29) is 20.6 Å². The van der Waals surface area contributed by atoms with Crippen molar-refractivity contribution in [2.24, 2.45) is 0 Å². The molecule has 0 aliphatic rings.